The average molecular weight is 296 g/mol. The maximum Gasteiger partial charge on any atom is 0.225 e. The molecule has 0 aliphatic heterocycles. The van der Waals surface area contributed by atoms with Crippen LogP contribution in [0.5, 0.6) is 0 Å². The lowest BCUT2D eigenvalue weighted by Crippen LogP contribution is -2.15. The van der Waals surface area contributed by atoms with E-state index >= 15 is 0 Å². The van der Waals surface area contributed by atoms with E-state index in [9.17, 15) is 0 Å². The largest absolute Gasteiger partial charge is 0.319 e. The first-order valence-corrected chi connectivity index (χ1v) is 7.15. The van der Waals surface area contributed by atoms with Gasteiger partial charge in [0.25, 0.3) is 0 Å². The Kier molecular flexibility index (Phi) is 4.64. The molecule has 0 aromatic carbocycles. The lowest BCUT2D eigenvalue weighted by Gasteiger charge is -2.11. The Bertz CT molecular complexity index is 618. The van der Waals surface area contributed by atoms with E-state index in [0.29, 0.717) is 12.2 Å². The summed E-state index contributed by atoms with van der Waals surface area (Å²) in [6.07, 6.45) is 8.90. The summed E-state index contributed by atoms with van der Waals surface area (Å²) in [5.41, 5.74) is 7.37. The molecule has 0 saturated heterocycles. The predicted molar refractivity (Wildman–Crippen MR) is 77.9 cm³/mol. The molecule has 0 radical (unpaired) electrons. The molecule has 2 aromatic heterocycles. The van der Waals surface area contributed by atoms with Crippen molar-refractivity contribution < 1.29 is 0 Å². The lowest BCUT2D eigenvalue weighted by atomic mass is 10.3. The SMILES string of the molecule is C#CCn1cnc2nc(Cl)nc(SC(N)CCC)c21. The number of hydrogen-bond acceptors (Lipinski definition) is 5. The van der Waals surface area contributed by atoms with Gasteiger partial charge in [-0.1, -0.05) is 31.0 Å². The highest BCUT2D eigenvalue weighted by molar-refractivity contribution is 8.00. The molecule has 2 heterocycles. The molecule has 100 valence electrons. The summed E-state index contributed by atoms with van der Waals surface area (Å²) in [6, 6.07) is 0. The van der Waals surface area contributed by atoms with Gasteiger partial charge in [0.2, 0.25) is 5.28 Å². The van der Waals surface area contributed by atoms with Gasteiger partial charge in [-0.2, -0.15) is 4.98 Å². The Morgan fingerprint density at radius 3 is 3.05 bits per heavy atom. The molecule has 0 bridgehead atoms. The lowest BCUT2D eigenvalue weighted by molar-refractivity contribution is 0.762. The molecule has 2 N–H and O–H groups in total. The van der Waals surface area contributed by atoms with Gasteiger partial charge in [0.15, 0.2) is 5.65 Å². The first-order valence-electron chi connectivity index (χ1n) is 5.89. The summed E-state index contributed by atoms with van der Waals surface area (Å²) in [4.78, 5) is 12.5. The Hall–Kier alpha value is -1.29. The second-order valence-electron chi connectivity index (χ2n) is 3.99. The molecule has 2 aromatic rings. The fourth-order valence-corrected chi connectivity index (χ4v) is 3.02. The van der Waals surface area contributed by atoms with E-state index in [0.717, 1.165) is 23.4 Å². The summed E-state index contributed by atoms with van der Waals surface area (Å²) in [5, 5.41) is 0.863. The van der Waals surface area contributed by atoms with Crippen molar-refractivity contribution in [2.24, 2.45) is 5.73 Å². The zero-order valence-corrected chi connectivity index (χ0v) is 12.1. The van der Waals surface area contributed by atoms with Crippen LogP contribution in [0.2, 0.25) is 5.28 Å². The third kappa shape index (κ3) is 3.18. The Labute approximate surface area is 121 Å². The molecular weight excluding hydrogens is 282 g/mol. The van der Waals surface area contributed by atoms with E-state index in [1.807, 2.05) is 4.57 Å². The van der Waals surface area contributed by atoms with Crippen LogP contribution < -0.4 is 5.73 Å². The first kappa shape index (κ1) is 14.1. The van der Waals surface area contributed by atoms with Crippen LogP contribution in [0, 0.1) is 12.3 Å². The van der Waals surface area contributed by atoms with Crippen molar-refractivity contribution >= 4 is 34.5 Å². The van der Waals surface area contributed by atoms with E-state index in [-0.39, 0.29) is 10.7 Å². The zero-order chi connectivity index (χ0) is 13.8. The summed E-state index contributed by atoms with van der Waals surface area (Å²) in [7, 11) is 0. The average Bonchev–Trinajstić information content (AvgIpc) is 2.73. The highest BCUT2D eigenvalue weighted by atomic mass is 35.5. The molecule has 0 fully saturated rings. The number of aromatic nitrogens is 4. The van der Waals surface area contributed by atoms with Crippen LogP contribution >= 0.6 is 23.4 Å². The van der Waals surface area contributed by atoms with Crippen LogP contribution in [-0.2, 0) is 6.54 Å². The van der Waals surface area contributed by atoms with Gasteiger partial charge >= 0.3 is 0 Å². The van der Waals surface area contributed by atoms with Gasteiger partial charge < -0.3 is 10.3 Å². The molecule has 0 amide bonds. The van der Waals surface area contributed by atoms with E-state index in [2.05, 4.69) is 27.8 Å². The second-order valence-corrected chi connectivity index (χ2v) is 5.56. The summed E-state index contributed by atoms with van der Waals surface area (Å²) < 4.78 is 1.83. The molecule has 1 atom stereocenters. The number of nitrogens with zero attached hydrogens (tertiary/aromatic N) is 4. The van der Waals surface area contributed by atoms with Gasteiger partial charge in [0.05, 0.1) is 18.2 Å². The molecule has 0 spiro atoms. The highest BCUT2D eigenvalue weighted by Crippen LogP contribution is 2.29. The van der Waals surface area contributed by atoms with Gasteiger partial charge in [-0.15, -0.1) is 6.42 Å². The summed E-state index contributed by atoms with van der Waals surface area (Å²) in [6.45, 7) is 2.50. The third-order valence-corrected chi connectivity index (χ3v) is 3.73. The van der Waals surface area contributed by atoms with Crippen LogP contribution in [-0.4, -0.2) is 24.9 Å². The third-order valence-electron chi connectivity index (χ3n) is 2.51. The van der Waals surface area contributed by atoms with E-state index in [1.165, 1.54) is 11.8 Å². The standard InChI is InChI=1S/C12H14ClN5S/c1-3-5-8(14)19-11-9-10(16-12(13)17-11)15-7-18(9)6-4-2/h2,7-8H,3,5-6,14H2,1H3. The molecule has 0 aliphatic carbocycles. The minimum atomic E-state index is -0.0339. The van der Waals surface area contributed by atoms with Gasteiger partial charge in [-0.05, 0) is 18.0 Å². The molecule has 1 unspecified atom stereocenters. The molecule has 19 heavy (non-hydrogen) atoms. The predicted octanol–water partition coefficient (Wildman–Crippen LogP) is 2.29. The minimum Gasteiger partial charge on any atom is -0.319 e. The molecule has 0 saturated carbocycles. The molecule has 5 nitrogen and oxygen atoms in total. The second kappa shape index (κ2) is 6.24. The summed E-state index contributed by atoms with van der Waals surface area (Å²) in [5.74, 6) is 2.58. The van der Waals surface area contributed by atoms with Crippen molar-refractivity contribution in [1.82, 2.24) is 19.5 Å². The number of hydrogen-bond donors (Lipinski definition) is 1. The number of halogens is 1. The number of thioether (sulfide) groups is 1. The van der Waals surface area contributed by atoms with E-state index < -0.39 is 0 Å². The van der Waals surface area contributed by atoms with Crippen LogP contribution in [0.15, 0.2) is 11.4 Å². The smallest absolute Gasteiger partial charge is 0.225 e. The molecule has 7 heteroatoms. The quantitative estimate of drug-likeness (QED) is 0.301. The number of fused-ring (bicyclic) bond motifs is 1. The number of terminal acetylenes is 1. The Balaban J connectivity index is 2.45. The van der Waals surface area contributed by atoms with Crippen LogP contribution in [0.25, 0.3) is 11.2 Å². The first-order chi connectivity index (χ1) is 9.15. The summed E-state index contributed by atoms with van der Waals surface area (Å²) >= 11 is 7.37. The normalized spacial score (nSPS) is 12.5. The van der Waals surface area contributed by atoms with Crippen molar-refractivity contribution in [1.29, 1.82) is 0 Å². The van der Waals surface area contributed by atoms with E-state index in [4.69, 9.17) is 23.8 Å². The van der Waals surface area contributed by atoms with Crippen LogP contribution in [0.1, 0.15) is 19.8 Å². The van der Waals surface area contributed by atoms with Crippen molar-refractivity contribution in [3.8, 4) is 12.3 Å². The number of nitrogens with two attached hydrogens (primary N) is 1. The fourth-order valence-electron chi connectivity index (χ4n) is 1.71. The van der Waals surface area contributed by atoms with Crippen LogP contribution in [0.4, 0.5) is 0 Å². The monoisotopic (exact) mass is 295 g/mol. The molecule has 0 aliphatic rings. The van der Waals surface area contributed by atoms with Gasteiger partial charge in [-0.3, -0.25) is 0 Å². The number of imidazole rings is 1. The fraction of sp³-hybridized carbons (Fsp3) is 0.417. The van der Waals surface area contributed by atoms with E-state index in [1.54, 1.807) is 6.33 Å². The van der Waals surface area contributed by atoms with Crippen molar-refractivity contribution in [3.63, 3.8) is 0 Å². The highest BCUT2D eigenvalue weighted by Gasteiger charge is 2.15. The molecule has 2 rings (SSSR count). The van der Waals surface area contributed by atoms with Crippen molar-refractivity contribution in [3.05, 3.63) is 11.6 Å². The van der Waals surface area contributed by atoms with Gasteiger partial charge in [-0.25, -0.2) is 9.97 Å². The maximum absolute atomic E-state index is 6.04. The Morgan fingerprint density at radius 2 is 2.37 bits per heavy atom. The maximum atomic E-state index is 6.04. The number of rotatable bonds is 5. The van der Waals surface area contributed by atoms with Gasteiger partial charge in [0, 0.05) is 0 Å². The topological polar surface area (TPSA) is 69.6 Å². The van der Waals surface area contributed by atoms with Crippen molar-refractivity contribution in [2.45, 2.75) is 36.7 Å². The zero-order valence-electron chi connectivity index (χ0n) is 10.5. The van der Waals surface area contributed by atoms with Crippen LogP contribution in [0.3, 0.4) is 0 Å². The van der Waals surface area contributed by atoms with Crippen molar-refractivity contribution in [2.75, 3.05) is 0 Å². The van der Waals surface area contributed by atoms with Gasteiger partial charge in [0.1, 0.15) is 10.5 Å². The molecular formula is C12H14ClN5S. The minimum absolute atomic E-state index is 0.0339. The Morgan fingerprint density at radius 1 is 1.58 bits per heavy atom.